The Labute approximate surface area is 155 Å². The monoisotopic (exact) mass is 357 g/mol. The lowest BCUT2D eigenvalue weighted by Crippen LogP contribution is -2.24. The minimum absolute atomic E-state index is 0.155. The van der Waals surface area contributed by atoms with Gasteiger partial charge in [0.2, 0.25) is 0 Å². The first-order valence-electron chi connectivity index (χ1n) is 8.74. The molecule has 1 N–H and O–H groups in total. The number of aromatic nitrogens is 1. The van der Waals surface area contributed by atoms with Gasteiger partial charge in [0.1, 0.15) is 0 Å². The van der Waals surface area contributed by atoms with Crippen LogP contribution in [0, 0.1) is 0 Å². The van der Waals surface area contributed by atoms with Gasteiger partial charge in [-0.15, -0.1) is 0 Å². The van der Waals surface area contributed by atoms with Gasteiger partial charge in [0.15, 0.2) is 11.5 Å². The minimum atomic E-state index is -0.155. The quantitative estimate of drug-likeness (QED) is 0.746. The van der Waals surface area contributed by atoms with E-state index < -0.39 is 0 Å². The van der Waals surface area contributed by atoms with E-state index in [0.29, 0.717) is 23.6 Å². The lowest BCUT2D eigenvalue weighted by atomic mass is 10.2. The highest BCUT2D eigenvalue weighted by Crippen LogP contribution is 2.27. The first kappa shape index (κ1) is 19.6. The van der Waals surface area contributed by atoms with Crippen LogP contribution in [0.2, 0.25) is 0 Å². The molecular formula is C20H27N3O3. The number of methoxy groups -OCH3 is 2. The van der Waals surface area contributed by atoms with Crippen LogP contribution in [0.5, 0.6) is 11.5 Å². The highest BCUT2D eigenvalue weighted by molar-refractivity contribution is 5.94. The zero-order valence-corrected chi connectivity index (χ0v) is 15.9. The second-order valence-corrected chi connectivity index (χ2v) is 6.08. The molecule has 0 fully saturated rings. The topological polar surface area (TPSA) is 63.7 Å². The van der Waals surface area contributed by atoms with Gasteiger partial charge in [-0.1, -0.05) is 19.4 Å². The van der Waals surface area contributed by atoms with Gasteiger partial charge < -0.3 is 19.7 Å². The first-order chi connectivity index (χ1) is 12.6. The maximum absolute atomic E-state index is 12.5. The summed E-state index contributed by atoms with van der Waals surface area (Å²) in [6.07, 6.45) is 5.59. The Bertz CT molecular complexity index is 734. The zero-order chi connectivity index (χ0) is 18.9. The van der Waals surface area contributed by atoms with Crippen LogP contribution < -0.4 is 19.7 Å². The highest BCUT2D eigenvalue weighted by Gasteiger charge is 2.10. The molecule has 0 saturated heterocycles. The van der Waals surface area contributed by atoms with E-state index in [1.165, 1.54) is 0 Å². The minimum Gasteiger partial charge on any atom is -0.493 e. The summed E-state index contributed by atoms with van der Waals surface area (Å²) in [7, 11) is 5.20. The fourth-order valence-corrected chi connectivity index (χ4v) is 2.56. The summed E-state index contributed by atoms with van der Waals surface area (Å²) < 4.78 is 10.5. The molecule has 0 atom stereocenters. The lowest BCUT2D eigenvalue weighted by molar-refractivity contribution is 0.0950. The summed E-state index contributed by atoms with van der Waals surface area (Å²) in [5, 5.41) is 2.92. The van der Waals surface area contributed by atoms with Gasteiger partial charge >= 0.3 is 0 Å². The Hall–Kier alpha value is -2.76. The maximum Gasteiger partial charge on any atom is 0.253 e. The number of carbonyl (C=O) groups is 1. The normalized spacial score (nSPS) is 10.3. The van der Waals surface area contributed by atoms with E-state index >= 15 is 0 Å². The molecule has 2 aromatic rings. The first-order valence-corrected chi connectivity index (χ1v) is 8.74. The number of anilines is 1. The molecule has 6 heteroatoms. The number of ether oxygens (including phenoxy) is 2. The van der Waals surface area contributed by atoms with Crippen LogP contribution in [-0.2, 0) is 6.54 Å². The van der Waals surface area contributed by atoms with Crippen molar-refractivity contribution in [1.29, 1.82) is 0 Å². The van der Waals surface area contributed by atoms with Crippen LogP contribution in [0.25, 0.3) is 0 Å². The highest BCUT2D eigenvalue weighted by atomic mass is 16.5. The maximum atomic E-state index is 12.5. The molecule has 0 unspecified atom stereocenters. The van der Waals surface area contributed by atoms with E-state index in [0.717, 1.165) is 30.6 Å². The molecule has 0 aliphatic carbocycles. The second kappa shape index (κ2) is 9.65. The summed E-state index contributed by atoms with van der Waals surface area (Å²) in [5.74, 6) is 1.15. The molecule has 140 valence electrons. The van der Waals surface area contributed by atoms with Gasteiger partial charge in [0.05, 0.1) is 31.7 Å². The lowest BCUT2D eigenvalue weighted by Gasteiger charge is -2.19. The average molecular weight is 357 g/mol. The van der Waals surface area contributed by atoms with Crippen LogP contribution in [0.4, 0.5) is 5.69 Å². The molecule has 2 rings (SSSR count). The number of hydrogen-bond acceptors (Lipinski definition) is 5. The summed E-state index contributed by atoms with van der Waals surface area (Å²) in [5.41, 5.74) is 2.42. The van der Waals surface area contributed by atoms with Crippen molar-refractivity contribution in [3.8, 4) is 11.5 Å². The number of nitrogens with one attached hydrogen (secondary N) is 1. The van der Waals surface area contributed by atoms with Crippen LogP contribution in [0.1, 0.15) is 35.7 Å². The van der Waals surface area contributed by atoms with Crippen molar-refractivity contribution in [2.24, 2.45) is 0 Å². The summed E-state index contributed by atoms with van der Waals surface area (Å²) in [6, 6.07) is 7.44. The van der Waals surface area contributed by atoms with Gasteiger partial charge in [0, 0.05) is 26.3 Å². The van der Waals surface area contributed by atoms with Crippen LogP contribution >= 0.6 is 0 Å². The fraction of sp³-hybridized carbons (Fsp3) is 0.400. The zero-order valence-electron chi connectivity index (χ0n) is 15.9. The summed E-state index contributed by atoms with van der Waals surface area (Å²) in [6.45, 7) is 3.49. The molecule has 1 aromatic carbocycles. The number of nitrogens with zero attached hydrogens (tertiary/aromatic N) is 2. The van der Waals surface area contributed by atoms with E-state index in [-0.39, 0.29) is 5.91 Å². The second-order valence-electron chi connectivity index (χ2n) is 6.08. The molecule has 26 heavy (non-hydrogen) atoms. The number of pyridine rings is 1. The van der Waals surface area contributed by atoms with E-state index in [2.05, 4.69) is 22.1 Å². The van der Waals surface area contributed by atoms with Gasteiger partial charge in [0.25, 0.3) is 5.91 Å². The SMILES string of the molecule is CCCCN(C)c1cncc(C(=O)NCc2ccc(OC)c(OC)c2)c1. The Kier molecular flexibility index (Phi) is 7.26. The number of unbranched alkanes of at least 4 members (excludes halogenated alkanes) is 1. The number of hydrogen-bond donors (Lipinski definition) is 1. The predicted molar refractivity (Wildman–Crippen MR) is 103 cm³/mol. The third kappa shape index (κ3) is 5.12. The molecule has 0 spiro atoms. The van der Waals surface area contributed by atoms with Gasteiger partial charge in [-0.2, -0.15) is 0 Å². The Morgan fingerprint density at radius 2 is 1.92 bits per heavy atom. The van der Waals surface area contributed by atoms with E-state index in [9.17, 15) is 4.79 Å². The summed E-state index contributed by atoms with van der Waals surface area (Å²) >= 11 is 0. The Morgan fingerprint density at radius 1 is 1.15 bits per heavy atom. The fourth-order valence-electron chi connectivity index (χ4n) is 2.56. The smallest absolute Gasteiger partial charge is 0.253 e. The number of amides is 1. The van der Waals surface area contributed by atoms with Crippen molar-refractivity contribution in [2.75, 3.05) is 32.7 Å². The molecule has 1 heterocycles. The third-order valence-electron chi connectivity index (χ3n) is 4.17. The molecule has 0 aliphatic heterocycles. The molecule has 1 amide bonds. The number of carbonyl (C=O) groups excluding carboxylic acids is 1. The standard InChI is InChI=1S/C20H27N3O3/c1-5-6-9-23(2)17-11-16(13-21-14-17)20(24)22-12-15-7-8-18(25-3)19(10-15)26-4/h7-8,10-11,13-14H,5-6,9,12H2,1-4H3,(H,22,24). The molecule has 1 aromatic heterocycles. The van der Waals surface area contributed by atoms with Crippen LogP contribution in [0.3, 0.4) is 0 Å². The molecule has 6 nitrogen and oxygen atoms in total. The molecule has 0 aliphatic rings. The van der Waals surface area contributed by atoms with E-state index in [1.54, 1.807) is 26.6 Å². The molecule has 0 saturated carbocycles. The van der Waals surface area contributed by atoms with Crippen molar-refractivity contribution in [3.63, 3.8) is 0 Å². The summed E-state index contributed by atoms with van der Waals surface area (Å²) in [4.78, 5) is 18.8. The molecule has 0 radical (unpaired) electrons. The average Bonchev–Trinajstić information content (AvgIpc) is 2.69. The largest absolute Gasteiger partial charge is 0.493 e. The predicted octanol–water partition coefficient (Wildman–Crippen LogP) is 3.27. The number of rotatable bonds is 9. The Balaban J connectivity index is 2.02. The third-order valence-corrected chi connectivity index (χ3v) is 4.17. The molecular weight excluding hydrogens is 330 g/mol. The number of benzene rings is 1. The van der Waals surface area contributed by atoms with E-state index in [4.69, 9.17) is 9.47 Å². The van der Waals surface area contributed by atoms with Crippen molar-refractivity contribution in [2.45, 2.75) is 26.3 Å². The van der Waals surface area contributed by atoms with Crippen molar-refractivity contribution in [1.82, 2.24) is 10.3 Å². The Morgan fingerprint density at radius 3 is 2.62 bits per heavy atom. The van der Waals surface area contributed by atoms with Crippen molar-refractivity contribution >= 4 is 11.6 Å². The molecule has 0 bridgehead atoms. The van der Waals surface area contributed by atoms with Crippen LogP contribution in [-0.4, -0.2) is 38.7 Å². The van der Waals surface area contributed by atoms with Gasteiger partial charge in [-0.05, 0) is 30.2 Å². The van der Waals surface area contributed by atoms with E-state index in [1.807, 2.05) is 31.3 Å². The van der Waals surface area contributed by atoms with Crippen molar-refractivity contribution < 1.29 is 14.3 Å². The van der Waals surface area contributed by atoms with Gasteiger partial charge in [-0.25, -0.2) is 0 Å². The van der Waals surface area contributed by atoms with Crippen LogP contribution in [0.15, 0.2) is 36.7 Å². The van der Waals surface area contributed by atoms with Crippen molar-refractivity contribution in [3.05, 3.63) is 47.8 Å². The van der Waals surface area contributed by atoms with Gasteiger partial charge in [-0.3, -0.25) is 9.78 Å².